The molecule has 1 atom stereocenters. The van der Waals surface area contributed by atoms with Crippen molar-refractivity contribution in [3.05, 3.63) is 130 Å². The number of hydrogen-bond donors (Lipinski definition) is 1. The van der Waals surface area contributed by atoms with Gasteiger partial charge < -0.3 is 14.6 Å². The minimum Gasteiger partial charge on any atom is -0.456 e. The molecular formula is C38H36F4N2O3. The molecule has 5 rings (SSSR count). The van der Waals surface area contributed by atoms with Gasteiger partial charge in [-0.25, -0.2) is 9.18 Å². The highest BCUT2D eigenvalue weighted by molar-refractivity contribution is 5.99. The minimum absolute atomic E-state index is 0.244. The quantitative estimate of drug-likeness (QED) is 0.142. The first-order valence-corrected chi connectivity index (χ1v) is 15.2. The SMILES string of the molecule is Cc1c(C)n(Cc2ccc(-c3ccccc3C(=O)OC(C)(C)C)cc2)c2ccc(C(=O)NC(C)c3cccc(C(F)(F)F)c3F)cc12. The van der Waals surface area contributed by atoms with E-state index in [1.807, 2.05) is 83.1 Å². The number of hydrogen-bond acceptors (Lipinski definition) is 3. The summed E-state index contributed by atoms with van der Waals surface area (Å²) in [6, 6.07) is 22.6. The van der Waals surface area contributed by atoms with Crippen molar-refractivity contribution in [2.75, 3.05) is 0 Å². The van der Waals surface area contributed by atoms with Crippen LogP contribution in [0.3, 0.4) is 0 Å². The van der Waals surface area contributed by atoms with Crippen LogP contribution in [-0.2, 0) is 17.5 Å². The third-order valence-electron chi connectivity index (χ3n) is 8.20. The maximum atomic E-state index is 14.7. The molecule has 9 heteroatoms. The van der Waals surface area contributed by atoms with Crippen molar-refractivity contribution >= 4 is 22.8 Å². The molecule has 1 amide bonds. The normalized spacial score (nSPS) is 12.6. The molecular weight excluding hydrogens is 608 g/mol. The maximum absolute atomic E-state index is 14.7. The van der Waals surface area contributed by atoms with Crippen LogP contribution >= 0.6 is 0 Å². The van der Waals surface area contributed by atoms with E-state index in [9.17, 15) is 27.2 Å². The summed E-state index contributed by atoms with van der Waals surface area (Å²) in [6.45, 7) is 11.5. The molecule has 0 aliphatic carbocycles. The first-order chi connectivity index (χ1) is 22.0. The third-order valence-corrected chi connectivity index (χ3v) is 8.20. The summed E-state index contributed by atoms with van der Waals surface area (Å²) >= 11 is 0. The van der Waals surface area contributed by atoms with E-state index in [2.05, 4.69) is 9.88 Å². The lowest BCUT2D eigenvalue weighted by atomic mass is 9.98. The molecule has 1 unspecified atom stereocenters. The number of aryl methyl sites for hydroxylation is 1. The molecule has 0 spiro atoms. The number of carbonyl (C=O) groups excluding carboxylic acids is 2. The van der Waals surface area contributed by atoms with E-state index in [0.29, 0.717) is 23.7 Å². The smallest absolute Gasteiger partial charge is 0.419 e. The first kappa shape index (κ1) is 33.4. The largest absolute Gasteiger partial charge is 0.456 e. The van der Waals surface area contributed by atoms with Crippen molar-refractivity contribution in [2.45, 2.75) is 65.9 Å². The molecule has 0 radical (unpaired) electrons. The molecule has 0 bridgehead atoms. The van der Waals surface area contributed by atoms with Crippen molar-refractivity contribution in [3.63, 3.8) is 0 Å². The van der Waals surface area contributed by atoms with Crippen LogP contribution in [0.4, 0.5) is 17.6 Å². The van der Waals surface area contributed by atoms with Crippen molar-refractivity contribution < 1.29 is 31.9 Å². The fourth-order valence-electron chi connectivity index (χ4n) is 5.67. The Morgan fingerprint density at radius 3 is 2.23 bits per heavy atom. The Bertz CT molecular complexity index is 1970. The summed E-state index contributed by atoms with van der Waals surface area (Å²) in [4.78, 5) is 26.0. The van der Waals surface area contributed by atoms with E-state index in [1.165, 1.54) is 13.0 Å². The van der Waals surface area contributed by atoms with Crippen LogP contribution in [0.25, 0.3) is 22.0 Å². The minimum atomic E-state index is -4.84. The number of fused-ring (bicyclic) bond motifs is 1. The standard InChI is InChI=1S/C38H36F4N2O3/c1-22-24(3)44(21-25-14-16-26(17-15-25)29-10-7-8-11-30(29)36(46)47-37(4,5)6)33-19-18-27(20-31(22)33)35(45)43-23(2)28-12-9-13-32(34(28)39)38(40,41)42/h7-20,23H,21H2,1-6H3,(H,43,45). The highest BCUT2D eigenvalue weighted by atomic mass is 19.4. The van der Waals surface area contributed by atoms with Crippen LogP contribution in [0.5, 0.6) is 0 Å². The summed E-state index contributed by atoms with van der Waals surface area (Å²) in [6.07, 6.45) is -4.84. The second-order valence-corrected chi connectivity index (χ2v) is 12.7. The number of carbonyl (C=O) groups is 2. The number of rotatable bonds is 7. The van der Waals surface area contributed by atoms with E-state index < -0.39 is 35.1 Å². The second kappa shape index (κ2) is 12.7. The fraction of sp³-hybridized carbons (Fsp3) is 0.263. The predicted molar refractivity (Wildman–Crippen MR) is 175 cm³/mol. The van der Waals surface area contributed by atoms with Crippen LogP contribution in [0, 0.1) is 19.7 Å². The van der Waals surface area contributed by atoms with Crippen LogP contribution in [0.2, 0.25) is 0 Å². The van der Waals surface area contributed by atoms with E-state index in [1.54, 1.807) is 18.2 Å². The van der Waals surface area contributed by atoms with Crippen molar-refractivity contribution in [1.29, 1.82) is 0 Å². The lowest BCUT2D eigenvalue weighted by molar-refractivity contribution is -0.140. The Balaban J connectivity index is 1.36. The number of amides is 1. The Labute approximate surface area is 271 Å². The van der Waals surface area contributed by atoms with Gasteiger partial charge in [-0.15, -0.1) is 0 Å². The Hall–Kier alpha value is -4.92. The van der Waals surface area contributed by atoms with E-state index in [0.717, 1.165) is 44.9 Å². The van der Waals surface area contributed by atoms with Crippen LogP contribution in [0.1, 0.15) is 82.4 Å². The van der Waals surface area contributed by atoms with Gasteiger partial charge in [0, 0.05) is 34.3 Å². The molecule has 0 saturated carbocycles. The molecule has 5 aromatic rings. The zero-order valence-corrected chi connectivity index (χ0v) is 27.1. The number of esters is 1. The molecule has 0 aliphatic heterocycles. The van der Waals surface area contributed by atoms with Crippen molar-refractivity contribution in [1.82, 2.24) is 9.88 Å². The summed E-state index contributed by atoms with van der Waals surface area (Å²) < 4.78 is 62.1. The van der Waals surface area contributed by atoms with Crippen molar-refractivity contribution in [2.24, 2.45) is 0 Å². The molecule has 1 N–H and O–H groups in total. The van der Waals surface area contributed by atoms with E-state index in [4.69, 9.17) is 4.74 Å². The molecule has 0 aliphatic rings. The Morgan fingerprint density at radius 2 is 1.57 bits per heavy atom. The second-order valence-electron chi connectivity index (χ2n) is 12.7. The molecule has 0 fully saturated rings. The highest BCUT2D eigenvalue weighted by Gasteiger charge is 2.35. The number of alkyl halides is 3. The monoisotopic (exact) mass is 644 g/mol. The number of ether oxygens (including phenoxy) is 1. The number of halogens is 4. The Kier molecular flexibility index (Phi) is 9.04. The first-order valence-electron chi connectivity index (χ1n) is 15.2. The highest BCUT2D eigenvalue weighted by Crippen LogP contribution is 2.34. The molecule has 4 aromatic carbocycles. The van der Waals surface area contributed by atoms with E-state index in [-0.39, 0.29) is 11.5 Å². The number of aromatic nitrogens is 1. The lowest BCUT2D eigenvalue weighted by Gasteiger charge is -2.20. The topological polar surface area (TPSA) is 60.3 Å². The Morgan fingerprint density at radius 1 is 0.894 bits per heavy atom. The third kappa shape index (κ3) is 7.09. The number of nitrogens with one attached hydrogen (secondary N) is 1. The van der Waals surface area contributed by atoms with Gasteiger partial charge in [-0.05, 0) is 94.1 Å². The van der Waals surface area contributed by atoms with Gasteiger partial charge in [0.05, 0.1) is 17.2 Å². The predicted octanol–water partition coefficient (Wildman–Crippen LogP) is 9.58. The van der Waals surface area contributed by atoms with Crippen LogP contribution < -0.4 is 5.32 Å². The lowest BCUT2D eigenvalue weighted by Crippen LogP contribution is -2.27. The number of nitrogens with zero attached hydrogens (tertiary/aromatic N) is 1. The molecule has 0 saturated heterocycles. The summed E-state index contributed by atoms with van der Waals surface area (Å²) in [5.41, 5.74) is 4.17. The molecule has 1 aromatic heterocycles. The average Bonchev–Trinajstić information content (AvgIpc) is 3.24. The van der Waals surface area contributed by atoms with E-state index >= 15 is 0 Å². The zero-order valence-electron chi connectivity index (χ0n) is 27.1. The molecule has 5 nitrogen and oxygen atoms in total. The fourth-order valence-corrected chi connectivity index (χ4v) is 5.67. The van der Waals surface area contributed by atoms with Gasteiger partial charge in [-0.3, -0.25) is 4.79 Å². The van der Waals surface area contributed by atoms with Crippen LogP contribution in [-0.4, -0.2) is 22.0 Å². The van der Waals surface area contributed by atoms with Gasteiger partial charge in [0.2, 0.25) is 0 Å². The zero-order chi connectivity index (χ0) is 34.3. The molecule has 47 heavy (non-hydrogen) atoms. The number of benzene rings is 4. The summed E-state index contributed by atoms with van der Waals surface area (Å²) in [5, 5.41) is 3.49. The molecule has 1 heterocycles. The molecule has 244 valence electrons. The van der Waals surface area contributed by atoms with Gasteiger partial charge in [-0.2, -0.15) is 13.2 Å². The summed E-state index contributed by atoms with van der Waals surface area (Å²) in [5.74, 6) is -2.30. The van der Waals surface area contributed by atoms with Gasteiger partial charge in [-0.1, -0.05) is 54.6 Å². The maximum Gasteiger partial charge on any atom is 0.419 e. The van der Waals surface area contributed by atoms with Gasteiger partial charge >= 0.3 is 12.1 Å². The van der Waals surface area contributed by atoms with Crippen LogP contribution in [0.15, 0.2) is 84.9 Å². The van der Waals surface area contributed by atoms with Crippen molar-refractivity contribution in [3.8, 4) is 11.1 Å². The summed E-state index contributed by atoms with van der Waals surface area (Å²) in [7, 11) is 0. The van der Waals surface area contributed by atoms with Gasteiger partial charge in [0.15, 0.2) is 0 Å². The average molecular weight is 645 g/mol. The van der Waals surface area contributed by atoms with Gasteiger partial charge in [0.1, 0.15) is 11.4 Å². The van der Waals surface area contributed by atoms with Gasteiger partial charge in [0.25, 0.3) is 5.91 Å².